The van der Waals surface area contributed by atoms with Gasteiger partial charge in [0, 0.05) is 11.6 Å². The summed E-state index contributed by atoms with van der Waals surface area (Å²) in [6, 6.07) is 2.34. The predicted molar refractivity (Wildman–Crippen MR) is 62.0 cm³/mol. The van der Waals surface area contributed by atoms with Crippen molar-refractivity contribution < 1.29 is 9.85 Å². The van der Waals surface area contributed by atoms with E-state index >= 15 is 0 Å². The standard InChI is InChI=1S/C9H10N2O4S/c1-6-7(2-3-16)4-8(10(12)13)5-9(6)11(14)15/h4-5,16H,2-3H2,1H3. The smallest absolute Gasteiger partial charge is 0.258 e. The first-order chi connectivity index (χ1) is 7.47. The van der Waals surface area contributed by atoms with Crippen molar-refractivity contribution in [3.05, 3.63) is 43.5 Å². The van der Waals surface area contributed by atoms with Crippen molar-refractivity contribution in [3.63, 3.8) is 0 Å². The van der Waals surface area contributed by atoms with E-state index in [1.54, 1.807) is 6.92 Å². The Morgan fingerprint density at radius 3 is 2.31 bits per heavy atom. The quantitative estimate of drug-likeness (QED) is 0.498. The second kappa shape index (κ2) is 4.93. The second-order valence-electron chi connectivity index (χ2n) is 3.24. The number of nitrogens with zero attached hydrogens (tertiary/aromatic N) is 2. The Kier molecular flexibility index (Phi) is 3.83. The lowest BCUT2D eigenvalue weighted by molar-refractivity contribution is -0.394. The van der Waals surface area contributed by atoms with Gasteiger partial charge in [-0.25, -0.2) is 0 Å². The van der Waals surface area contributed by atoms with Gasteiger partial charge in [-0.2, -0.15) is 12.6 Å². The van der Waals surface area contributed by atoms with Gasteiger partial charge >= 0.3 is 0 Å². The van der Waals surface area contributed by atoms with Crippen LogP contribution in [0, 0.1) is 27.2 Å². The molecule has 6 nitrogen and oxygen atoms in total. The molecule has 0 unspecified atom stereocenters. The summed E-state index contributed by atoms with van der Waals surface area (Å²) in [7, 11) is 0. The van der Waals surface area contributed by atoms with Gasteiger partial charge in [0.1, 0.15) is 0 Å². The van der Waals surface area contributed by atoms with Crippen molar-refractivity contribution in [2.45, 2.75) is 13.3 Å². The van der Waals surface area contributed by atoms with Gasteiger partial charge in [-0.05, 0) is 24.7 Å². The van der Waals surface area contributed by atoms with E-state index in [0.717, 1.165) is 6.07 Å². The molecule has 0 aromatic heterocycles. The van der Waals surface area contributed by atoms with E-state index in [1.807, 2.05) is 0 Å². The van der Waals surface area contributed by atoms with E-state index in [4.69, 9.17) is 0 Å². The molecule has 0 aliphatic rings. The van der Waals surface area contributed by atoms with Gasteiger partial charge in [0.05, 0.1) is 15.9 Å². The molecule has 0 atom stereocenters. The summed E-state index contributed by atoms with van der Waals surface area (Å²) >= 11 is 4.01. The van der Waals surface area contributed by atoms with E-state index in [1.165, 1.54) is 6.07 Å². The highest BCUT2D eigenvalue weighted by molar-refractivity contribution is 7.80. The minimum absolute atomic E-state index is 0.217. The monoisotopic (exact) mass is 242 g/mol. The maximum atomic E-state index is 10.7. The summed E-state index contributed by atoms with van der Waals surface area (Å²) in [5.41, 5.74) is 0.584. The number of non-ortho nitro benzene ring substituents is 1. The normalized spacial score (nSPS) is 10.1. The fourth-order valence-corrected chi connectivity index (χ4v) is 1.66. The molecule has 1 aromatic carbocycles. The Hall–Kier alpha value is -1.63. The number of aryl methyl sites for hydroxylation is 1. The van der Waals surface area contributed by atoms with E-state index in [2.05, 4.69) is 12.6 Å². The van der Waals surface area contributed by atoms with Crippen molar-refractivity contribution >= 4 is 24.0 Å². The summed E-state index contributed by atoms with van der Waals surface area (Å²) < 4.78 is 0. The Labute approximate surface area is 97.0 Å². The number of thiol groups is 1. The molecule has 0 spiro atoms. The van der Waals surface area contributed by atoms with Crippen LogP contribution in [-0.2, 0) is 6.42 Å². The molecule has 0 aliphatic carbocycles. The van der Waals surface area contributed by atoms with Crippen LogP contribution >= 0.6 is 12.6 Å². The Morgan fingerprint density at radius 1 is 1.25 bits per heavy atom. The molecule has 0 amide bonds. The van der Waals surface area contributed by atoms with Crippen LogP contribution < -0.4 is 0 Å². The van der Waals surface area contributed by atoms with Crippen molar-refractivity contribution in [2.24, 2.45) is 0 Å². The van der Waals surface area contributed by atoms with Crippen molar-refractivity contribution in [2.75, 3.05) is 5.75 Å². The highest BCUT2D eigenvalue weighted by atomic mass is 32.1. The number of hydrogen-bond donors (Lipinski definition) is 1. The number of rotatable bonds is 4. The first-order valence-corrected chi connectivity index (χ1v) is 5.13. The third-order valence-electron chi connectivity index (χ3n) is 2.26. The van der Waals surface area contributed by atoms with Crippen LogP contribution in [0.2, 0.25) is 0 Å². The third kappa shape index (κ3) is 2.48. The van der Waals surface area contributed by atoms with E-state index < -0.39 is 9.85 Å². The predicted octanol–water partition coefficient (Wildman–Crippen LogP) is 2.28. The zero-order chi connectivity index (χ0) is 12.3. The van der Waals surface area contributed by atoms with Crippen molar-refractivity contribution in [3.8, 4) is 0 Å². The average molecular weight is 242 g/mol. The van der Waals surface area contributed by atoms with Crippen LogP contribution in [0.5, 0.6) is 0 Å². The van der Waals surface area contributed by atoms with Crippen LogP contribution in [0.3, 0.4) is 0 Å². The Bertz CT molecular complexity index is 447. The van der Waals surface area contributed by atoms with Gasteiger partial charge in [-0.1, -0.05) is 0 Å². The minimum Gasteiger partial charge on any atom is -0.258 e. The second-order valence-corrected chi connectivity index (χ2v) is 3.68. The molecular weight excluding hydrogens is 232 g/mol. The molecule has 0 N–H and O–H groups in total. The number of benzene rings is 1. The summed E-state index contributed by atoms with van der Waals surface area (Å²) in [5, 5.41) is 21.3. The molecule has 7 heteroatoms. The van der Waals surface area contributed by atoms with Gasteiger partial charge in [0.25, 0.3) is 11.4 Å². The van der Waals surface area contributed by atoms with Crippen LogP contribution in [0.25, 0.3) is 0 Å². The zero-order valence-electron chi connectivity index (χ0n) is 8.54. The molecule has 86 valence electrons. The summed E-state index contributed by atoms with van der Waals surface area (Å²) in [6.45, 7) is 1.58. The molecular formula is C9H10N2O4S. The molecule has 0 heterocycles. The first kappa shape index (κ1) is 12.4. The van der Waals surface area contributed by atoms with Gasteiger partial charge < -0.3 is 0 Å². The first-order valence-electron chi connectivity index (χ1n) is 4.50. The Morgan fingerprint density at radius 2 is 1.88 bits per heavy atom. The molecule has 1 aromatic rings. The molecule has 0 fully saturated rings. The maximum Gasteiger partial charge on any atom is 0.279 e. The highest BCUT2D eigenvalue weighted by Crippen LogP contribution is 2.28. The summed E-state index contributed by atoms with van der Waals surface area (Å²) in [4.78, 5) is 20.1. The molecule has 0 bridgehead atoms. The van der Waals surface area contributed by atoms with Gasteiger partial charge in [-0.15, -0.1) is 0 Å². The van der Waals surface area contributed by atoms with Crippen molar-refractivity contribution in [1.82, 2.24) is 0 Å². The molecule has 0 saturated carbocycles. The highest BCUT2D eigenvalue weighted by Gasteiger charge is 2.20. The maximum absolute atomic E-state index is 10.7. The topological polar surface area (TPSA) is 86.3 Å². The van der Waals surface area contributed by atoms with Crippen molar-refractivity contribution in [1.29, 1.82) is 0 Å². The van der Waals surface area contributed by atoms with E-state index in [-0.39, 0.29) is 11.4 Å². The number of hydrogen-bond acceptors (Lipinski definition) is 5. The molecule has 16 heavy (non-hydrogen) atoms. The lowest BCUT2D eigenvalue weighted by Crippen LogP contribution is -2.00. The van der Waals surface area contributed by atoms with Crippen LogP contribution in [-0.4, -0.2) is 15.6 Å². The summed E-state index contributed by atoms with van der Waals surface area (Å²) in [6.07, 6.45) is 0.470. The fraction of sp³-hybridized carbons (Fsp3) is 0.333. The lowest BCUT2D eigenvalue weighted by Gasteiger charge is -2.04. The average Bonchev–Trinajstić information content (AvgIpc) is 2.20. The number of nitro benzene ring substituents is 2. The lowest BCUT2D eigenvalue weighted by atomic mass is 10.0. The van der Waals surface area contributed by atoms with E-state index in [0.29, 0.717) is 23.3 Å². The fourth-order valence-electron chi connectivity index (χ4n) is 1.42. The minimum atomic E-state index is -0.630. The SMILES string of the molecule is Cc1c(CCS)cc([N+](=O)[O-])cc1[N+](=O)[O-]. The molecule has 0 aliphatic heterocycles. The van der Waals surface area contributed by atoms with Gasteiger partial charge in [0.2, 0.25) is 0 Å². The van der Waals surface area contributed by atoms with Gasteiger partial charge in [0.15, 0.2) is 0 Å². The summed E-state index contributed by atoms with van der Waals surface area (Å²) in [5.74, 6) is 0.485. The third-order valence-corrected chi connectivity index (χ3v) is 2.48. The largest absolute Gasteiger partial charge is 0.279 e. The van der Waals surface area contributed by atoms with Gasteiger partial charge in [-0.3, -0.25) is 20.2 Å². The van der Waals surface area contributed by atoms with Crippen LogP contribution in [0.15, 0.2) is 12.1 Å². The number of nitro groups is 2. The Balaban J connectivity index is 3.38. The van der Waals surface area contributed by atoms with Crippen LogP contribution in [0.1, 0.15) is 11.1 Å². The zero-order valence-corrected chi connectivity index (χ0v) is 9.44. The molecule has 1 rings (SSSR count). The van der Waals surface area contributed by atoms with E-state index in [9.17, 15) is 20.2 Å². The molecule has 0 saturated heterocycles. The van der Waals surface area contributed by atoms with Crippen LogP contribution in [0.4, 0.5) is 11.4 Å². The molecule has 0 radical (unpaired) electrons.